The number of carbonyl (C=O) groups excluding carboxylic acids is 3. The number of ether oxygens (including phenoxy) is 3. The summed E-state index contributed by atoms with van der Waals surface area (Å²) in [5.41, 5.74) is 0. The average molecular weight is 356 g/mol. The van der Waals surface area contributed by atoms with E-state index >= 15 is 0 Å². The molecule has 0 spiro atoms. The van der Waals surface area contributed by atoms with Crippen LogP contribution in [0.5, 0.6) is 0 Å². The van der Waals surface area contributed by atoms with E-state index in [-0.39, 0.29) is 24.5 Å². The van der Waals surface area contributed by atoms with Gasteiger partial charge in [0.15, 0.2) is 0 Å². The van der Waals surface area contributed by atoms with Gasteiger partial charge in [0.2, 0.25) is 17.8 Å². The standard InChI is InChI=1S/C13H20N6O6/c1-4-5-6-7-25-13(22)19-10-15-8(17-11(20)23-2)14-9(16-10)18-12(21)24-3/h4-7H2,1-3H3,(H3,14,15,16,17,18,19,20,21,22). The summed E-state index contributed by atoms with van der Waals surface area (Å²) in [7, 11) is 2.30. The van der Waals surface area contributed by atoms with Gasteiger partial charge in [-0.15, -0.1) is 0 Å². The minimum atomic E-state index is -0.844. The Bertz CT molecular complexity index is 574. The van der Waals surface area contributed by atoms with Gasteiger partial charge >= 0.3 is 18.3 Å². The van der Waals surface area contributed by atoms with Crippen molar-refractivity contribution >= 4 is 36.1 Å². The monoisotopic (exact) mass is 356 g/mol. The first-order chi connectivity index (χ1) is 12.0. The van der Waals surface area contributed by atoms with E-state index in [4.69, 9.17) is 4.74 Å². The fourth-order valence-corrected chi connectivity index (χ4v) is 1.47. The van der Waals surface area contributed by atoms with E-state index in [0.717, 1.165) is 33.5 Å². The Morgan fingerprint density at radius 1 is 0.800 bits per heavy atom. The molecule has 25 heavy (non-hydrogen) atoms. The quantitative estimate of drug-likeness (QED) is 0.491. The molecule has 0 aliphatic rings. The minimum Gasteiger partial charge on any atom is -0.453 e. The summed E-state index contributed by atoms with van der Waals surface area (Å²) in [5.74, 6) is -0.752. The Hall–Kier alpha value is -3.18. The number of rotatable bonds is 7. The fraction of sp³-hybridized carbons (Fsp3) is 0.538. The number of anilines is 3. The number of hydrogen-bond acceptors (Lipinski definition) is 9. The molecular weight excluding hydrogens is 336 g/mol. The summed E-state index contributed by atoms with van der Waals surface area (Å²) in [6.45, 7) is 2.27. The first-order valence-corrected chi connectivity index (χ1v) is 7.38. The van der Waals surface area contributed by atoms with Gasteiger partial charge in [-0.05, 0) is 6.42 Å². The van der Waals surface area contributed by atoms with Crippen molar-refractivity contribution in [3.8, 4) is 0 Å². The average Bonchev–Trinajstić information content (AvgIpc) is 2.58. The van der Waals surface area contributed by atoms with E-state index in [2.05, 4.69) is 40.4 Å². The molecule has 1 rings (SSSR count). The topological polar surface area (TPSA) is 154 Å². The largest absolute Gasteiger partial charge is 0.453 e. The SMILES string of the molecule is CCCCCOC(=O)Nc1nc(NC(=O)OC)nc(NC(=O)OC)n1. The van der Waals surface area contributed by atoms with Crippen molar-refractivity contribution in [2.75, 3.05) is 36.8 Å². The van der Waals surface area contributed by atoms with Gasteiger partial charge in [-0.2, -0.15) is 15.0 Å². The zero-order valence-electron chi connectivity index (χ0n) is 14.1. The lowest BCUT2D eigenvalue weighted by atomic mass is 10.3. The van der Waals surface area contributed by atoms with Crippen LogP contribution in [-0.4, -0.2) is 54.1 Å². The van der Waals surface area contributed by atoms with Gasteiger partial charge in [0.25, 0.3) is 0 Å². The fourth-order valence-electron chi connectivity index (χ4n) is 1.47. The van der Waals surface area contributed by atoms with Crippen LogP contribution in [0.4, 0.5) is 32.2 Å². The van der Waals surface area contributed by atoms with E-state index in [1.807, 2.05) is 6.92 Å². The molecule has 12 nitrogen and oxygen atoms in total. The second-order valence-electron chi connectivity index (χ2n) is 4.51. The molecular formula is C13H20N6O6. The minimum absolute atomic E-state index is 0.241. The number of nitrogens with one attached hydrogen (secondary N) is 3. The van der Waals surface area contributed by atoms with Gasteiger partial charge < -0.3 is 14.2 Å². The third kappa shape index (κ3) is 7.76. The second-order valence-corrected chi connectivity index (χ2v) is 4.51. The molecule has 1 aromatic heterocycles. The Morgan fingerprint density at radius 3 is 1.64 bits per heavy atom. The summed E-state index contributed by atoms with van der Waals surface area (Å²) >= 11 is 0. The zero-order chi connectivity index (χ0) is 18.7. The molecule has 0 atom stereocenters. The highest BCUT2D eigenvalue weighted by Gasteiger charge is 2.14. The molecule has 3 amide bonds. The number of unbranched alkanes of at least 4 members (excludes halogenated alkanes) is 2. The third-order valence-corrected chi connectivity index (χ3v) is 2.63. The zero-order valence-corrected chi connectivity index (χ0v) is 14.1. The van der Waals surface area contributed by atoms with Crippen LogP contribution in [0.3, 0.4) is 0 Å². The van der Waals surface area contributed by atoms with E-state index in [9.17, 15) is 14.4 Å². The summed E-state index contributed by atoms with van der Waals surface area (Å²) in [4.78, 5) is 45.6. The Labute approximate surface area is 143 Å². The number of methoxy groups -OCH3 is 2. The molecule has 0 aliphatic carbocycles. The van der Waals surface area contributed by atoms with Crippen LogP contribution in [0.15, 0.2) is 0 Å². The van der Waals surface area contributed by atoms with E-state index < -0.39 is 18.3 Å². The molecule has 0 fully saturated rings. The maximum Gasteiger partial charge on any atom is 0.414 e. The van der Waals surface area contributed by atoms with Crippen LogP contribution in [0.1, 0.15) is 26.2 Å². The molecule has 0 bridgehead atoms. The van der Waals surface area contributed by atoms with Crippen LogP contribution in [0, 0.1) is 0 Å². The van der Waals surface area contributed by atoms with Crippen molar-refractivity contribution in [1.29, 1.82) is 0 Å². The molecule has 138 valence electrons. The molecule has 0 saturated carbocycles. The van der Waals surface area contributed by atoms with Crippen molar-refractivity contribution in [3.63, 3.8) is 0 Å². The molecule has 0 radical (unpaired) electrons. The maximum absolute atomic E-state index is 11.7. The number of amides is 3. The molecule has 1 aromatic rings. The normalized spacial score (nSPS) is 9.72. The summed E-state index contributed by atoms with van der Waals surface area (Å²) < 4.78 is 13.8. The van der Waals surface area contributed by atoms with Gasteiger partial charge in [-0.3, -0.25) is 16.0 Å². The highest BCUT2D eigenvalue weighted by atomic mass is 16.6. The Morgan fingerprint density at radius 2 is 1.24 bits per heavy atom. The van der Waals surface area contributed by atoms with Crippen molar-refractivity contribution in [3.05, 3.63) is 0 Å². The van der Waals surface area contributed by atoms with Crippen molar-refractivity contribution in [1.82, 2.24) is 15.0 Å². The highest BCUT2D eigenvalue weighted by Crippen LogP contribution is 2.10. The van der Waals surface area contributed by atoms with E-state index in [1.54, 1.807) is 0 Å². The predicted octanol–water partition coefficient (Wildman–Crippen LogP) is 1.97. The first kappa shape index (κ1) is 19.9. The van der Waals surface area contributed by atoms with Crippen LogP contribution < -0.4 is 16.0 Å². The summed E-state index contributed by atoms with van der Waals surface area (Å²) in [6, 6.07) is 0. The number of nitrogens with zero attached hydrogens (tertiary/aromatic N) is 3. The Balaban J connectivity index is 2.82. The molecule has 12 heteroatoms. The summed E-state index contributed by atoms with van der Waals surface area (Å²) in [6.07, 6.45) is 0.177. The molecule has 0 unspecified atom stereocenters. The van der Waals surface area contributed by atoms with Crippen LogP contribution in [-0.2, 0) is 14.2 Å². The van der Waals surface area contributed by atoms with Gasteiger partial charge in [-0.25, -0.2) is 14.4 Å². The van der Waals surface area contributed by atoms with Gasteiger partial charge in [-0.1, -0.05) is 19.8 Å². The lowest BCUT2D eigenvalue weighted by Crippen LogP contribution is -2.21. The first-order valence-electron chi connectivity index (χ1n) is 7.38. The summed E-state index contributed by atoms with van der Waals surface area (Å²) in [5, 5.41) is 6.65. The van der Waals surface area contributed by atoms with Crippen molar-refractivity contribution in [2.24, 2.45) is 0 Å². The van der Waals surface area contributed by atoms with Crippen LogP contribution in [0.25, 0.3) is 0 Å². The van der Waals surface area contributed by atoms with E-state index in [0.29, 0.717) is 0 Å². The second kappa shape index (κ2) is 10.6. The molecule has 0 aromatic carbocycles. The maximum atomic E-state index is 11.7. The van der Waals surface area contributed by atoms with E-state index in [1.165, 1.54) is 0 Å². The van der Waals surface area contributed by atoms with Crippen LogP contribution in [0.2, 0.25) is 0 Å². The van der Waals surface area contributed by atoms with Crippen molar-refractivity contribution in [2.45, 2.75) is 26.2 Å². The lowest BCUT2D eigenvalue weighted by molar-refractivity contribution is 0.159. The highest BCUT2D eigenvalue weighted by molar-refractivity contribution is 5.86. The predicted molar refractivity (Wildman–Crippen MR) is 86.4 cm³/mol. The van der Waals surface area contributed by atoms with Crippen LogP contribution >= 0.6 is 0 Å². The number of aromatic nitrogens is 3. The molecule has 1 heterocycles. The molecule has 3 N–H and O–H groups in total. The Kier molecular flexibility index (Phi) is 8.40. The lowest BCUT2D eigenvalue weighted by Gasteiger charge is -2.09. The van der Waals surface area contributed by atoms with Crippen molar-refractivity contribution < 1.29 is 28.6 Å². The van der Waals surface area contributed by atoms with Gasteiger partial charge in [0.05, 0.1) is 20.8 Å². The molecule has 0 aliphatic heterocycles. The molecule has 0 saturated heterocycles. The van der Waals surface area contributed by atoms with Gasteiger partial charge in [0.1, 0.15) is 0 Å². The number of hydrogen-bond donors (Lipinski definition) is 3. The third-order valence-electron chi connectivity index (χ3n) is 2.63. The van der Waals surface area contributed by atoms with Gasteiger partial charge in [0, 0.05) is 0 Å². The smallest absolute Gasteiger partial charge is 0.414 e. The number of carbonyl (C=O) groups is 3.